The molecule has 0 aliphatic heterocycles. The van der Waals surface area contributed by atoms with E-state index in [1.54, 1.807) is 7.11 Å². The summed E-state index contributed by atoms with van der Waals surface area (Å²) in [4.78, 5) is 0. The number of nitrogens with two attached hydrogens (primary N) is 1. The van der Waals surface area contributed by atoms with Crippen molar-refractivity contribution in [3.05, 3.63) is 28.3 Å². The highest BCUT2D eigenvalue weighted by molar-refractivity contribution is 5.48. The summed E-state index contributed by atoms with van der Waals surface area (Å²) >= 11 is 0. The van der Waals surface area contributed by atoms with Gasteiger partial charge >= 0.3 is 0 Å². The van der Waals surface area contributed by atoms with E-state index in [1.807, 2.05) is 0 Å². The standard InChI is InChI=1S/C16H28N2O/c1-11-7-15(19-6)13(3)12(2)14(11)8-18-10-16(4,5)9-17/h7,18H,8-10,17H2,1-6H3. The molecule has 0 fully saturated rings. The minimum atomic E-state index is 0.142. The Balaban J connectivity index is 2.82. The van der Waals surface area contributed by atoms with Gasteiger partial charge in [-0.1, -0.05) is 13.8 Å². The van der Waals surface area contributed by atoms with Crippen LogP contribution in [0.2, 0.25) is 0 Å². The monoisotopic (exact) mass is 264 g/mol. The second-order valence-electron chi connectivity index (χ2n) is 6.10. The zero-order valence-corrected chi connectivity index (χ0v) is 13.2. The molecule has 0 saturated heterocycles. The first-order chi connectivity index (χ1) is 8.82. The van der Waals surface area contributed by atoms with Gasteiger partial charge in [-0.15, -0.1) is 0 Å². The van der Waals surface area contributed by atoms with Crippen molar-refractivity contribution >= 4 is 0 Å². The zero-order valence-electron chi connectivity index (χ0n) is 13.2. The van der Waals surface area contributed by atoms with Crippen LogP contribution in [-0.2, 0) is 6.54 Å². The highest BCUT2D eigenvalue weighted by Crippen LogP contribution is 2.27. The van der Waals surface area contributed by atoms with E-state index >= 15 is 0 Å². The lowest BCUT2D eigenvalue weighted by Crippen LogP contribution is -2.35. The first kappa shape index (κ1) is 16.0. The Kier molecular flexibility index (Phi) is 5.39. The van der Waals surface area contributed by atoms with Crippen molar-refractivity contribution in [2.75, 3.05) is 20.2 Å². The maximum Gasteiger partial charge on any atom is 0.122 e. The highest BCUT2D eigenvalue weighted by atomic mass is 16.5. The topological polar surface area (TPSA) is 47.3 Å². The highest BCUT2D eigenvalue weighted by Gasteiger charge is 2.16. The van der Waals surface area contributed by atoms with E-state index in [0.717, 1.165) is 18.8 Å². The molecule has 1 aromatic rings. The molecule has 1 aromatic carbocycles. The molecule has 0 spiro atoms. The fourth-order valence-electron chi connectivity index (χ4n) is 2.18. The van der Waals surface area contributed by atoms with Gasteiger partial charge in [-0.05, 0) is 61.1 Å². The van der Waals surface area contributed by atoms with Gasteiger partial charge in [0.1, 0.15) is 5.75 Å². The quantitative estimate of drug-likeness (QED) is 0.830. The second-order valence-corrected chi connectivity index (χ2v) is 6.10. The van der Waals surface area contributed by atoms with Crippen LogP contribution in [0.1, 0.15) is 36.1 Å². The van der Waals surface area contributed by atoms with Gasteiger partial charge in [0, 0.05) is 13.1 Å². The summed E-state index contributed by atoms with van der Waals surface area (Å²) in [5.74, 6) is 0.973. The molecule has 0 atom stereocenters. The van der Waals surface area contributed by atoms with E-state index in [-0.39, 0.29) is 5.41 Å². The number of aryl methyl sites for hydroxylation is 1. The van der Waals surface area contributed by atoms with E-state index in [2.05, 4.69) is 46.0 Å². The van der Waals surface area contributed by atoms with Crippen molar-refractivity contribution in [2.45, 2.75) is 41.2 Å². The molecule has 1 rings (SSSR count). The molecule has 0 saturated carbocycles. The van der Waals surface area contributed by atoms with Gasteiger partial charge in [0.25, 0.3) is 0 Å². The predicted molar refractivity (Wildman–Crippen MR) is 81.7 cm³/mol. The van der Waals surface area contributed by atoms with Gasteiger partial charge in [0.2, 0.25) is 0 Å². The van der Waals surface area contributed by atoms with Crippen molar-refractivity contribution < 1.29 is 4.74 Å². The molecule has 108 valence electrons. The lowest BCUT2D eigenvalue weighted by Gasteiger charge is -2.24. The molecule has 0 heterocycles. The number of nitrogens with one attached hydrogen (secondary N) is 1. The lowest BCUT2D eigenvalue weighted by atomic mass is 9.93. The second kappa shape index (κ2) is 6.40. The van der Waals surface area contributed by atoms with Gasteiger partial charge in [0.15, 0.2) is 0 Å². The molecule has 0 radical (unpaired) electrons. The van der Waals surface area contributed by atoms with Crippen molar-refractivity contribution in [1.29, 1.82) is 0 Å². The van der Waals surface area contributed by atoms with Gasteiger partial charge in [0.05, 0.1) is 7.11 Å². The molecule has 3 N–H and O–H groups in total. The molecule has 3 heteroatoms. The molecule has 0 aliphatic rings. The minimum Gasteiger partial charge on any atom is -0.496 e. The molecular weight excluding hydrogens is 236 g/mol. The van der Waals surface area contributed by atoms with Crippen LogP contribution in [0.4, 0.5) is 0 Å². The molecule has 0 aliphatic carbocycles. The van der Waals surface area contributed by atoms with Gasteiger partial charge < -0.3 is 15.8 Å². The summed E-state index contributed by atoms with van der Waals surface area (Å²) in [5.41, 5.74) is 11.1. The van der Waals surface area contributed by atoms with Crippen LogP contribution in [0, 0.1) is 26.2 Å². The average molecular weight is 264 g/mol. The van der Waals surface area contributed by atoms with Crippen LogP contribution in [0.15, 0.2) is 6.07 Å². The van der Waals surface area contributed by atoms with E-state index < -0.39 is 0 Å². The molecule has 0 amide bonds. The number of hydrogen-bond acceptors (Lipinski definition) is 3. The average Bonchev–Trinajstić information content (AvgIpc) is 2.37. The lowest BCUT2D eigenvalue weighted by molar-refractivity contribution is 0.351. The van der Waals surface area contributed by atoms with Crippen LogP contribution in [0.25, 0.3) is 0 Å². The van der Waals surface area contributed by atoms with Crippen molar-refractivity contribution in [3.8, 4) is 5.75 Å². The molecular formula is C16H28N2O. The Morgan fingerprint density at radius 3 is 2.37 bits per heavy atom. The molecule has 0 aromatic heterocycles. The first-order valence-corrected chi connectivity index (χ1v) is 6.87. The molecule has 19 heavy (non-hydrogen) atoms. The molecule has 0 bridgehead atoms. The van der Waals surface area contributed by atoms with Crippen molar-refractivity contribution in [2.24, 2.45) is 11.1 Å². The summed E-state index contributed by atoms with van der Waals surface area (Å²) in [6.45, 7) is 13.3. The third-order valence-corrected chi connectivity index (χ3v) is 3.89. The smallest absolute Gasteiger partial charge is 0.122 e. The van der Waals surface area contributed by atoms with E-state index in [9.17, 15) is 0 Å². The Bertz CT molecular complexity index is 439. The third-order valence-electron chi connectivity index (χ3n) is 3.89. The zero-order chi connectivity index (χ0) is 14.6. The fraction of sp³-hybridized carbons (Fsp3) is 0.625. The van der Waals surface area contributed by atoms with Crippen LogP contribution in [0.5, 0.6) is 5.75 Å². The van der Waals surface area contributed by atoms with Crippen LogP contribution >= 0.6 is 0 Å². The van der Waals surface area contributed by atoms with Crippen molar-refractivity contribution in [3.63, 3.8) is 0 Å². The van der Waals surface area contributed by atoms with E-state index in [1.165, 1.54) is 22.3 Å². The summed E-state index contributed by atoms with van der Waals surface area (Å²) in [7, 11) is 1.73. The predicted octanol–water partition coefficient (Wildman–Crippen LogP) is 2.69. The summed E-state index contributed by atoms with van der Waals surface area (Å²) in [6, 6.07) is 2.12. The summed E-state index contributed by atoms with van der Waals surface area (Å²) in [5, 5.41) is 3.52. The van der Waals surface area contributed by atoms with Crippen LogP contribution in [0.3, 0.4) is 0 Å². The van der Waals surface area contributed by atoms with E-state index in [4.69, 9.17) is 10.5 Å². The molecule has 0 unspecified atom stereocenters. The maximum atomic E-state index is 5.75. The Morgan fingerprint density at radius 2 is 1.84 bits per heavy atom. The van der Waals surface area contributed by atoms with Crippen LogP contribution < -0.4 is 15.8 Å². The number of ether oxygens (including phenoxy) is 1. The van der Waals surface area contributed by atoms with Gasteiger partial charge in [-0.25, -0.2) is 0 Å². The minimum absolute atomic E-state index is 0.142. The number of rotatable bonds is 6. The summed E-state index contributed by atoms with van der Waals surface area (Å²) in [6.07, 6.45) is 0. The Labute approximate surface area is 117 Å². The van der Waals surface area contributed by atoms with Gasteiger partial charge in [-0.3, -0.25) is 0 Å². The van der Waals surface area contributed by atoms with Crippen LogP contribution in [-0.4, -0.2) is 20.2 Å². The Hall–Kier alpha value is -1.06. The van der Waals surface area contributed by atoms with Gasteiger partial charge in [-0.2, -0.15) is 0 Å². The Morgan fingerprint density at radius 1 is 1.21 bits per heavy atom. The first-order valence-electron chi connectivity index (χ1n) is 6.87. The SMILES string of the molecule is COc1cc(C)c(CNCC(C)(C)CN)c(C)c1C. The van der Waals surface area contributed by atoms with E-state index in [0.29, 0.717) is 6.54 Å². The molecule has 3 nitrogen and oxygen atoms in total. The number of hydrogen-bond donors (Lipinski definition) is 2. The normalized spacial score (nSPS) is 11.7. The van der Waals surface area contributed by atoms with Crippen molar-refractivity contribution in [1.82, 2.24) is 5.32 Å². The summed E-state index contributed by atoms with van der Waals surface area (Å²) < 4.78 is 5.40. The number of methoxy groups -OCH3 is 1. The maximum absolute atomic E-state index is 5.75. The number of benzene rings is 1. The third kappa shape index (κ3) is 3.95. The fourth-order valence-corrected chi connectivity index (χ4v) is 2.18. The largest absolute Gasteiger partial charge is 0.496 e.